The largest absolute Gasteiger partial charge is 0.374 e. The second-order valence-corrected chi connectivity index (χ2v) is 6.62. The predicted octanol–water partition coefficient (Wildman–Crippen LogP) is 5.74. The lowest BCUT2D eigenvalue weighted by Gasteiger charge is -2.28. The van der Waals surface area contributed by atoms with Crippen LogP contribution in [0.5, 0.6) is 0 Å². The summed E-state index contributed by atoms with van der Waals surface area (Å²) >= 11 is 0. The van der Waals surface area contributed by atoms with Gasteiger partial charge in [0.2, 0.25) is 0 Å². The number of allylic oxidation sites excluding steroid dienone is 4. The fourth-order valence-corrected chi connectivity index (χ4v) is 3.28. The van der Waals surface area contributed by atoms with Crippen LogP contribution in [0.15, 0.2) is 48.6 Å². The van der Waals surface area contributed by atoms with Gasteiger partial charge in [0.1, 0.15) is 0 Å². The van der Waals surface area contributed by atoms with Crippen LogP contribution in [0.3, 0.4) is 0 Å². The summed E-state index contributed by atoms with van der Waals surface area (Å²) in [6.07, 6.45) is 16.3. The summed E-state index contributed by atoms with van der Waals surface area (Å²) in [5.41, 5.74) is 2.67. The number of nitrogens with zero attached hydrogens (tertiary/aromatic N) is 1. The van der Waals surface area contributed by atoms with E-state index in [0.29, 0.717) is 6.10 Å². The van der Waals surface area contributed by atoms with E-state index in [4.69, 9.17) is 10.00 Å². The maximum Gasteiger partial charge on any atom is 0.0912 e. The fraction of sp³-hybridized carbons (Fsp3) is 0.500. The number of nitriles is 1. The van der Waals surface area contributed by atoms with Gasteiger partial charge in [-0.15, -0.1) is 0 Å². The molecule has 128 valence electrons. The quantitative estimate of drug-likeness (QED) is 0.451. The van der Waals surface area contributed by atoms with Gasteiger partial charge in [0.15, 0.2) is 0 Å². The lowest BCUT2D eigenvalue weighted by Crippen LogP contribution is -2.21. The van der Waals surface area contributed by atoms with Crippen LogP contribution in [0.2, 0.25) is 0 Å². The summed E-state index contributed by atoms with van der Waals surface area (Å²) in [5, 5.41) is 8.41. The summed E-state index contributed by atoms with van der Waals surface area (Å²) in [4.78, 5) is 0. The van der Waals surface area contributed by atoms with Gasteiger partial charge in [-0.2, -0.15) is 5.26 Å². The van der Waals surface area contributed by atoms with Gasteiger partial charge in [-0.25, -0.2) is 0 Å². The Morgan fingerprint density at radius 2 is 1.79 bits per heavy atom. The van der Waals surface area contributed by atoms with Crippen LogP contribution < -0.4 is 0 Å². The van der Waals surface area contributed by atoms with Crippen LogP contribution in [-0.2, 0) is 17.8 Å². The number of rotatable bonds is 8. The van der Waals surface area contributed by atoms with E-state index in [1.54, 1.807) is 6.08 Å². The SMILES string of the molecule is CCc1ccc(CO[C@H]2CC[C@H](CC/C=C/C=C/C#N)CC2)cc1. The average molecular weight is 323 g/mol. The van der Waals surface area contributed by atoms with Crippen molar-refractivity contribution in [1.29, 1.82) is 5.26 Å². The molecular weight excluding hydrogens is 294 g/mol. The molecule has 2 rings (SSSR count). The molecule has 1 aliphatic rings. The van der Waals surface area contributed by atoms with Crippen molar-refractivity contribution in [2.75, 3.05) is 0 Å². The van der Waals surface area contributed by atoms with Gasteiger partial charge in [-0.1, -0.05) is 49.4 Å². The summed E-state index contributed by atoms with van der Waals surface area (Å²) < 4.78 is 6.11. The monoisotopic (exact) mass is 323 g/mol. The Labute approximate surface area is 146 Å². The summed E-state index contributed by atoms with van der Waals surface area (Å²) in [7, 11) is 0. The van der Waals surface area contributed by atoms with Gasteiger partial charge >= 0.3 is 0 Å². The topological polar surface area (TPSA) is 33.0 Å². The van der Waals surface area contributed by atoms with Crippen molar-refractivity contribution in [3.63, 3.8) is 0 Å². The molecule has 2 nitrogen and oxygen atoms in total. The minimum atomic E-state index is 0.432. The van der Waals surface area contributed by atoms with Crippen LogP contribution in [0.25, 0.3) is 0 Å². The van der Waals surface area contributed by atoms with Gasteiger partial charge in [-0.3, -0.25) is 0 Å². The van der Waals surface area contributed by atoms with Crippen LogP contribution in [0.4, 0.5) is 0 Å². The number of hydrogen-bond donors (Lipinski definition) is 0. The Morgan fingerprint density at radius 1 is 1.08 bits per heavy atom. The number of ether oxygens (including phenoxy) is 1. The van der Waals surface area contributed by atoms with E-state index < -0.39 is 0 Å². The third kappa shape index (κ3) is 6.72. The van der Waals surface area contributed by atoms with E-state index in [-0.39, 0.29) is 0 Å². The molecule has 2 heteroatoms. The molecule has 0 saturated heterocycles. The Bertz CT molecular complexity index is 557. The normalized spacial score (nSPS) is 21.3. The molecule has 0 bridgehead atoms. The van der Waals surface area contributed by atoms with E-state index in [0.717, 1.165) is 25.4 Å². The zero-order valence-electron chi connectivity index (χ0n) is 14.8. The van der Waals surface area contributed by atoms with Crippen molar-refractivity contribution in [2.24, 2.45) is 5.92 Å². The number of benzene rings is 1. The molecule has 1 aliphatic carbocycles. The average Bonchev–Trinajstić information content (AvgIpc) is 2.64. The molecule has 1 aromatic rings. The lowest BCUT2D eigenvalue weighted by atomic mass is 9.84. The summed E-state index contributed by atoms with van der Waals surface area (Å²) in [6.45, 7) is 2.93. The molecule has 0 amide bonds. The molecule has 1 aromatic carbocycles. The molecule has 0 aliphatic heterocycles. The van der Waals surface area contributed by atoms with Gasteiger partial charge in [0, 0.05) is 6.08 Å². The van der Waals surface area contributed by atoms with Crippen LogP contribution in [0.1, 0.15) is 56.6 Å². The van der Waals surface area contributed by atoms with E-state index in [1.807, 2.05) is 12.1 Å². The maximum absolute atomic E-state index is 8.41. The highest BCUT2D eigenvalue weighted by molar-refractivity contribution is 5.21. The molecule has 0 spiro atoms. The lowest BCUT2D eigenvalue weighted by molar-refractivity contribution is 0.00646. The van der Waals surface area contributed by atoms with E-state index in [9.17, 15) is 0 Å². The molecule has 1 saturated carbocycles. The molecule has 0 unspecified atom stereocenters. The maximum atomic E-state index is 8.41. The van der Waals surface area contributed by atoms with Crippen molar-refractivity contribution in [3.05, 3.63) is 59.7 Å². The van der Waals surface area contributed by atoms with Crippen LogP contribution in [0, 0.1) is 17.2 Å². The Hall–Kier alpha value is -1.85. The second-order valence-electron chi connectivity index (χ2n) is 6.62. The standard InChI is InChI=1S/C22H29NO/c1-2-19-9-11-21(12-10-19)18-24-22-15-13-20(14-16-22)8-6-4-3-5-7-17-23/h3-5,7,9-12,20,22H,2,6,8,13-16,18H2,1H3/b4-3+,7-5+/t20-,22-. The third-order valence-electron chi connectivity index (χ3n) is 4.87. The van der Waals surface area contributed by atoms with Crippen LogP contribution >= 0.6 is 0 Å². The fourth-order valence-electron chi connectivity index (χ4n) is 3.28. The Kier molecular flexibility index (Phi) is 8.35. The first-order chi connectivity index (χ1) is 11.8. The third-order valence-corrected chi connectivity index (χ3v) is 4.87. The van der Waals surface area contributed by atoms with Crippen molar-refractivity contribution in [2.45, 2.75) is 64.6 Å². The van der Waals surface area contributed by atoms with Crippen molar-refractivity contribution in [1.82, 2.24) is 0 Å². The zero-order chi connectivity index (χ0) is 17.0. The smallest absolute Gasteiger partial charge is 0.0912 e. The summed E-state index contributed by atoms with van der Waals surface area (Å²) in [5.74, 6) is 0.832. The van der Waals surface area contributed by atoms with Gasteiger partial charge in [0.25, 0.3) is 0 Å². The highest BCUT2D eigenvalue weighted by atomic mass is 16.5. The Morgan fingerprint density at radius 3 is 2.46 bits per heavy atom. The van der Waals surface area contributed by atoms with Crippen molar-refractivity contribution < 1.29 is 4.74 Å². The predicted molar refractivity (Wildman–Crippen MR) is 99.5 cm³/mol. The highest BCUT2D eigenvalue weighted by Gasteiger charge is 2.21. The van der Waals surface area contributed by atoms with Crippen molar-refractivity contribution in [3.8, 4) is 6.07 Å². The van der Waals surface area contributed by atoms with E-state index >= 15 is 0 Å². The molecular formula is C22H29NO. The highest BCUT2D eigenvalue weighted by Crippen LogP contribution is 2.30. The molecule has 0 atom stereocenters. The van der Waals surface area contributed by atoms with Gasteiger partial charge in [-0.05, 0) is 62.0 Å². The van der Waals surface area contributed by atoms with Gasteiger partial charge in [0.05, 0.1) is 18.8 Å². The summed E-state index contributed by atoms with van der Waals surface area (Å²) in [6, 6.07) is 10.8. The number of hydrogen-bond acceptors (Lipinski definition) is 2. The molecule has 1 fully saturated rings. The van der Waals surface area contributed by atoms with Crippen molar-refractivity contribution >= 4 is 0 Å². The first kappa shape index (κ1) is 18.5. The number of aryl methyl sites for hydroxylation is 1. The molecule has 0 radical (unpaired) electrons. The second kappa shape index (κ2) is 10.8. The molecule has 0 heterocycles. The van der Waals surface area contributed by atoms with E-state index in [2.05, 4.69) is 37.3 Å². The van der Waals surface area contributed by atoms with E-state index in [1.165, 1.54) is 49.3 Å². The minimum Gasteiger partial charge on any atom is -0.374 e. The first-order valence-electron chi connectivity index (χ1n) is 9.22. The minimum absolute atomic E-state index is 0.432. The molecule has 0 aromatic heterocycles. The Balaban J connectivity index is 1.61. The first-order valence-corrected chi connectivity index (χ1v) is 9.22. The van der Waals surface area contributed by atoms with Crippen LogP contribution in [-0.4, -0.2) is 6.10 Å². The van der Waals surface area contributed by atoms with Gasteiger partial charge < -0.3 is 4.74 Å². The zero-order valence-corrected chi connectivity index (χ0v) is 14.8. The molecule has 24 heavy (non-hydrogen) atoms. The molecule has 0 N–H and O–H groups in total.